The van der Waals surface area contributed by atoms with Crippen LogP contribution in [0.4, 0.5) is 0 Å². The van der Waals surface area contributed by atoms with E-state index in [0.717, 1.165) is 18.8 Å². The zero-order valence-corrected chi connectivity index (χ0v) is 12.6. The molecule has 0 atom stereocenters. The van der Waals surface area contributed by atoms with Gasteiger partial charge in [-0.2, -0.15) is 0 Å². The standard InChI is InChI=1S/C19H24O/c1-3-4-5-6-15-20-19-13-11-18(12-14-19)17-9-7-16(2)8-10-17/h7-14H,3-6,15H2,1-2H3. The third-order valence-corrected chi connectivity index (χ3v) is 3.51. The molecule has 2 aromatic carbocycles. The minimum atomic E-state index is 0.823. The normalized spacial score (nSPS) is 10.5. The van der Waals surface area contributed by atoms with Gasteiger partial charge in [-0.1, -0.05) is 68.1 Å². The fraction of sp³-hybridized carbons (Fsp3) is 0.368. The van der Waals surface area contributed by atoms with Crippen LogP contribution in [0.15, 0.2) is 48.5 Å². The van der Waals surface area contributed by atoms with Gasteiger partial charge in [0.2, 0.25) is 0 Å². The van der Waals surface area contributed by atoms with Gasteiger partial charge < -0.3 is 4.74 Å². The molecular weight excluding hydrogens is 244 g/mol. The zero-order chi connectivity index (χ0) is 14.2. The molecule has 0 radical (unpaired) electrons. The number of ether oxygens (including phenoxy) is 1. The molecule has 0 N–H and O–H groups in total. The molecule has 2 aromatic rings. The van der Waals surface area contributed by atoms with Crippen molar-refractivity contribution in [3.05, 3.63) is 54.1 Å². The van der Waals surface area contributed by atoms with Crippen molar-refractivity contribution in [3.8, 4) is 16.9 Å². The molecule has 106 valence electrons. The Bertz CT molecular complexity index is 496. The summed E-state index contributed by atoms with van der Waals surface area (Å²) in [7, 11) is 0. The van der Waals surface area contributed by atoms with E-state index in [9.17, 15) is 0 Å². The molecule has 0 fully saturated rings. The molecular formula is C19H24O. The Labute approximate surface area is 122 Å². The first-order valence-electron chi connectivity index (χ1n) is 7.59. The van der Waals surface area contributed by atoms with Crippen LogP contribution < -0.4 is 4.74 Å². The topological polar surface area (TPSA) is 9.23 Å². The van der Waals surface area contributed by atoms with Crippen LogP contribution in [0.2, 0.25) is 0 Å². The molecule has 0 saturated carbocycles. The van der Waals surface area contributed by atoms with Crippen molar-refractivity contribution in [2.75, 3.05) is 6.61 Å². The maximum atomic E-state index is 5.76. The summed E-state index contributed by atoms with van der Waals surface area (Å²) in [6.07, 6.45) is 4.98. The third kappa shape index (κ3) is 4.41. The van der Waals surface area contributed by atoms with Crippen molar-refractivity contribution in [2.24, 2.45) is 0 Å². The van der Waals surface area contributed by atoms with Crippen LogP contribution in [0, 0.1) is 6.92 Å². The smallest absolute Gasteiger partial charge is 0.119 e. The average molecular weight is 268 g/mol. The second kappa shape index (κ2) is 7.74. The first-order valence-corrected chi connectivity index (χ1v) is 7.59. The Morgan fingerprint density at radius 1 is 0.750 bits per heavy atom. The summed E-state index contributed by atoms with van der Waals surface area (Å²) >= 11 is 0. The van der Waals surface area contributed by atoms with Gasteiger partial charge in [0.1, 0.15) is 5.75 Å². The first kappa shape index (κ1) is 14.6. The number of aryl methyl sites for hydroxylation is 1. The molecule has 0 aromatic heterocycles. The number of rotatable bonds is 7. The molecule has 20 heavy (non-hydrogen) atoms. The van der Waals surface area contributed by atoms with Gasteiger partial charge in [0, 0.05) is 0 Å². The average Bonchev–Trinajstić information content (AvgIpc) is 2.49. The second-order valence-corrected chi connectivity index (χ2v) is 5.30. The van der Waals surface area contributed by atoms with Crippen molar-refractivity contribution in [1.29, 1.82) is 0 Å². The zero-order valence-electron chi connectivity index (χ0n) is 12.6. The van der Waals surface area contributed by atoms with Gasteiger partial charge >= 0.3 is 0 Å². The monoisotopic (exact) mass is 268 g/mol. The predicted molar refractivity (Wildman–Crippen MR) is 86.3 cm³/mol. The van der Waals surface area contributed by atoms with Gasteiger partial charge in [-0.25, -0.2) is 0 Å². The summed E-state index contributed by atoms with van der Waals surface area (Å²) in [5.74, 6) is 0.970. The van der Waals surface area contributed by atoms with E-state index in [4.69, 9.17) is 4.74 Å². The number of benzene rings is 2. The molecule has 0 spiro atoms. The molecule has 0 aliphatic heterocycles. The summed E-state index contributed by atoms with van der Waals surface area (Å²) in [6.45, 7) is 5.16. The lowest BCUT2D eigenvalue weighted by molar-refractivity contribution is 0.305. The van der Waals surface area contributed by atoms with Gasteiger partial charge in [-0.05, 0) is 36.6 Å². The Morgan fingerprint density at radius 2 is 1.35 bits per heavy atom. The lowest BCUT2D eigenvalue weighted by atomic mass is 10.0. The number of hydrogen-bond donors (Lipinski definition) is 0. The van der Waals surface area contributed by atoms with E-state index in [2.05, 4.69) is 62.4 Å². The van der Waals surface area contributed by atoms with E-state index in [1.54, 1.807) is 0 Å². The first-order chi connectivity index (χ1) is 9.79. The molecule has 0 aliphatic rings. The third-order valence-electron chi connectivity index (χ3n) is 3.51. The molecule has 0 bridgehead atoms. The van der Waals surface area contributed by atoms with Crippen LogP contribution >= 0.6 is 0 Å². The minimum absolute atomic E-state index is 0.823. The summed E-state index contributed by atoms with van der Waals surface area (Å²) in [6, 6.07) is 17.0. The van der Waals surface area contributed by atoms with Crippen molar-refractivity contribution in [3.63, 3.8) is 0 Å². The predicted octanol–water partition coefficient (Wildman–Crippen LogP) is 5.62. The number of unbranched alkanes of at least 4 members (excludes halogenated alkanes) is 3. The van der Waals surface area contributed by atoms with Crippen LogP contribution in [0.5, 0.6) is 5.75 Å². The summed E-state index contributed by atoms with van der Waals surface area (Å²) in [5, 5.41) is 0. The highest BCUT2D eigenvalue weighted by Crippen LogP contribution is 2.22. The Morgan fingerprint density at radius 3 is 1.95 bits per heavy atom. The molecule has 0 unspecified atom stereocenters. The van der Waals surface area contributed by atoms with E-state index >= 15 is 0 Å². The molecule has 2 rings (SSSR count). The van der Waals surface area contributed by atoms with Gasteiger partial charge in [-0.15, -0.1) is 0 Å². The SMILES string of the molecule is CCCCCCOc1ccc(-c2ccc(C)cc2)cc1. The number of hydrogen-bond acceptors (Lipinski definition) is 1. The van der Waals surface area contributed by atoms with Crippen LogP contribution in [-0.4, -0.2) is 6.61 Å². The second-order valence-electron chi connectivity index (χ2n) is 5.30. The summed E-state index contributed by atoms with van der Waals surface area (Å²) in [4.78, 5) is 0. The Hall–Kier alpha value is -1.76. The molecule has 1 heteroatoms. The molecule has 0 heterocycles. The van der Waals surface area contributed by atoms with Gasteiger partial charge in [0.15, 0.2) is 0 Å². The van der Waals surface area contributed by atoms with Crippen LogP contribution in [0.1, 0.15) is 38.2 Å². The maximum Gasteiger partial charge on any atom is 0.119 e. The van der Waals surface area contributed by atoms with E-state index < -0.39 is 0 Å². The summed E-state index contributed by atoms with van der Waals surface area (Å²) in [5.41, 5.74) is 3.79. The highest BCUT2D eigenvalue weighted by molar-refractivity contribution is 5.64. The Balaban J connectivity index is 1.88. The Kier molecular flexibility index (Phi) is 5.67. The lowest BCUT2D eigenvalue weighted by Gasteiger charge is -2.07. The van der Waals surface area contributed by atoms with Crippen LogP contribution in [0.3, 0.4) is 0 Å². The maximum absolute atomic E-state index is 5.76. The van der Waals surface area contributed by atoms with E-state index in [1.807, 2.05) is 0 Å². The van der Waals surface area contributed by atoms with Crippen molar-refractivity contribution in [1.82, 2.24) is 0 Å². The highest BCUT2D eigenvalue weighted by atomic mass is 16.5. The molecule has 1 nitrogen and oxygen atoms in total. The van der Waals surface area contributed by atoms with Crippen molar-refractivity contribution in [2.45, 2.75) is 39.5 Å². The molecule has 0 aliphatic carbocycles. The van der Waals surface area contributed by atoms with E-state index in [0.29, 0.717) is 0 Å². The minimum Gasteiger partial charge on any atom is -0.494 e. The quantitative estimate of drug-likeness (QED) is 0.592. The highest BCUT2D eigenvalue weighted by Gasteiger charge is 1.98. The van der Waals surface area contributed by atoms with Crippen LogP contribution in [-0.2, 0) is 0 Å². The van der Waals surface area contributed by atoms with Gasteiger partial charge in [0.05, 0.1) is 6.61 Å². The van der Waals surface area contributed by atoms with Crippen LogP contribution in [0.25, 0.3) is 11.1 Å². The van der Waals surface area contributed by atoms with Crippen molar-refractivity contribution < 1.29 is 4.74 Å². The molecule has 0 amide bonds. The summed E-state index contributed by atoms with van der Waals surface area (Å²) < 4.78 is 5.76. The molecule has 0 saturated heterocycles. The van der Waals surface area contributed by atoms with Gasteiger partial charge in [-0.3, -0.25) is 0 Å². The van der Waals surface area contributed by atoms with E-state index in [1.165, 1.54) is 36.0 Å². The largest absolute Gasteiger partial charge is 0.494 e. The fourth-order valence-electron chi connectivity index (χ4n) is 2.21. The lowest BCUT2D eigenvalue weighted by Crippen LogP contribution is -1.96. The van der Waals surface area contributed by atoms with Gasteiger partial charge in [0.25, 0.3) is 0 Å². The fourth-order valence-corrected chi connectivity index (χ4v) is 2.21. The van der Waals surface area contributed by atoms with E-state index in [-0.39, 0.29) is 0 Å². The van der Waals surface area contributed by atoms with Crippen molar-refractivity contribution >= 4 is 0 Å².